The maximum atomic E-state index is 5.88. The molecule has 20 heavy (non-hydrogen) atoms. The summed E-state index contributed by atoms with van der Waals surface area (Å²) >= 11 is 3.60. The van der Waals surface area contributed by atoms with Crippen molar-refractivity contribution in [2.24, 2.45) is 7.05 Å². The van der Waals surface area contributed by atoms with Gasteiger partial charge >= 0.3 is 0 Å². The van der Waals surface area contributed by atoms with Gasteiger partial charge in [0.2, 0.25) is 0 Å². The third-order valence-corrected chi connectivity index (χ3v) is 4.32. The Bertz CT molecular complexity index is 745. The first-order valence-electron chi connectivity index (χ1n) is 6.59. The molecule has 0 aliphatic carbocycles. The van der Waals surface area contributed by atoms with Gasteiger partial charge < -0.3 is 9.72 Å². The van der Waals surface area contributed by atoms with Crippen molar-refractivity contribution in [1.82, 2.24) is 14.8 Å². The SMILES string of the molecule is CCc1nn(C)c(COc2ccc3[nH]ccc3c2)c1Br. The largest absolute Gasteiger partial charge is 0.487 e. The number of nitrogens with one attached hydrogen (secondary N) is 1. The van der Waals surface area contributed by atoms with E-state index in [4.69, 9.17) is 4.74 Å². The van der Waals surface area contributed by atoms with Crippen molar-refractivity contribution >= 4 is 26.8 Å². The number of aromatic nitrogens is 3. The number of hydrogen-bond donors (Lipinski definition) is 1. The number of benzene rings is 1. The van der Waals surface area contributed by atoms with Gasteiger partial charge in [-0.15, -0.1) is 0 Å². The standard InChI is InChI=1S/C15H16BrN3O/c1-3-12-15(16)14(19(2)18-12)9-20-11-4-5-13-10(8-11)6-7-17-13/h4-8,17H,3,9H2,1-2H3. The first-order valence-corrected chi connectivity index (χ1v) is 7.38. The highest BCUT2D eigenvalue weighted by atomic mass is 79.9. The van der Waals surface area contributed by atoms with Crippen LogP contribution in [0.2, 0.25) is 0 Å². The number of aryl methyl sites for hydroxylation is 2. The fourth-order valence-corrected chi connectivity index (χ4v) is 2.98. The lowest BCUT2D eigenvalue weighted by Crippen LogP contribution is -2.03. The first kappa shape index (κ1) is 13.2. The van der Waals surface area contributed by atoms with Crippen molar-refractivity contribution in [2.45, 2.75) is 20.0 Å². The van der Waals surface area contributed by atoms with E-state index >= 15 is 0 Å². The van der Waals surface area contributed by atoms with Crippen LogP contribution in [0.25, 0.3) is 10.9 Å². The number of aromatic amines is 1. The second-order valence-electron chi connectivity index (χ2n) is 4.70. The predicted molar refractivity (Wildman–Crippen MR) is 82.9 cm³/mol. The molecule has 0 radical (unpaired) electrons. The highest BCUT2D eigenvalue weighted by molar-refractivity contribution is 9.10. The summed E-state index contributed by atoms with van der Waals surface area (Å²) in [7, 11) is 1.94. The Hall–Kier alpha value is -1.75. The fourth-order valence-electron chi connectivity index (χ4n) is 2.25. The average Bonchev–Trinajstić information content (AvgIpc) is 3.01. The van der Waals surface area contributed by atoms with Crippen LogP contribution in [0.1, 0.15) is 18.3 Å². The molecule has 0 atom stereocenters. The summed E-state index contributed by atoms with van der Waals surface area (Å²) in [6.45, 7) is 2.59. The molecule has 0 spiro atoms. The van der Waals surface area contributed by atoms with Crippen molar-refractivity contribution in [3.05, 3.63) is 46.3 Å². The zero-order valence-corrected chi connectivity index (χ0v) is 13.1. The van der Waals surface area contributed by atoms with Crippen LogP contribution in [0.3, 0.4) is 0 Å². The van der Waals surface area contributed by atoms with Gasteiger partial charge in [0.25, 0.3) is 0 Å². The van der Waals surface area contributed by atoms with Crippen LogP contribution >= 0.6 is 15.9 Å². The van der Waals surface area contributed by atoms with Crippen molar-refractivity contribution in [2.75, 3.05) is 0 Å². The molecule has 0 aliphatic heterocycles. The molecule has 0 saturated heterocycles. The highest BCUT2D eigenvalue weighted by Gasteiger charge is 2.13. The third-order valence-electron chi connectivity index (χ3n) is 3.40. The van der Waals surface area contributed by atoms with Gasteiger partial charge in [-0.05, 0) is 46.6 Å². The lowest BCUT2D eigenvalue weighted by atomic mass is 10.2. The molecule has 5 heteroatoms. The minimum Gasteiger partial charge on any atom is -0.487 e. The van der Waals surface area contributed by atoms with Crippen molar-refractivity contribution in [3.8, 4) is 5.75 Å². The van der Waals surface area contributed by atoms with E-state index in [2.05, 4.69) is 32.9 Å². The molecule has 0 saturated carbocycles. The van der Waals surface area contributed by atoms with Crippen molar-refractivity contribution in [3.63, 3.8) is 0 Å². The Balaban J connectivity index is 1.80. The van der Waals surface area contributed by atoms with E-state index in [9.17, 15) is 0 Å². The summed E-state index contributed by atoms with van der Waals surface area (Å²) in [5.41, 5.74) is 3.23. The normalized spacial score (nSPS) is 11.2. The monoisotopic (exact) mass is 333 g/mol. The van der Waals surface area contributed by atoms with Crippen LogP contribution in [0, 0.1) is 0 Å². The van der Waals surface area contributed by atoms with Gasteiger partial charge in [-0.1, -0.05) is 6.92 Å². The molecule has 0 fully saturated rings. The molecule has 0 bridgehead atoms. The summed E-state index contributed by atoms with van der Waals surface area (Å²) in [5.74, 6) is 0.864. The summed E-state index contributed by atoms with van der Waals surface area (Å²) in [5, 5.41) is 5.62. The number of fused-ring (bicyclic) bond motifs is 1. The number of halogens is 1. The molecule has 0 amide bonds. The number of nitrogens with zero attached hydrogens (tertiary/aromatic N) is 2. The summed E-state index contributed by atoms with van der Waals surface area (Å²) in [6.07, 6.45) is 2.84. The minimum atomic E-state index is 0.500. The van der Waals surface area contributed by atoms with E-state index in [0.717, 1.165) is 38.9 Å². The lowest BCUT2D eigenvalue weighted by Gasteiger charge is -2.07. The molecular weight excluding hydrogens is 318 g/mol. The molecule has 0 aliphatic rings. The third kappa shape index (κ3) is 2.33. The summed E-state index contributed by atoms with van der Waals surface area (Å²) < 4.78 is 8.80. The van der Waals surface area contributed by atoms with E-state index in [1.165, 1.54) is 0 Å². The molecule has 3 rings (SSSR count). The van der Waals surface area contributed by atoms with Crippen LogP contribution in [0.15, 0.2) is 34.9 Å². The molecule has 2 heterocycles. The van der Waals surface area contributed by atoms with E-state index in [0.29, 0.717) is 6.61 Å². The molecule has 1 aromatic carbocycles. The van der Waals surface area contributed by atoms with Gasteiger partial charge in [0, 0.05) is 24.1 Å². The van der Waals surface area contributed by atoms with E-state index < -0.39 is 0 Å². The fraction of sp³-hybridized carbons (Fsp3) is 0.267. The van der Waals surface area contributed by atoms with Gasteiger partial charge in [-0.2, -0.15) is 5.10 Å². The second-order valence-corrected chi connectivity index (χ2v) is 5.49. The maximum Gasteiger partial charge on any atom is 0.131 e. The van der Waals surface area contributed by atoms with E-state index in [1.54, 1.807) is 0 Å². The molecule has 2 aromatic heterocycles. The minimum absolute atomic E-state index is 0.500. The van der Waals surface area contributed by atoms with Crippen LogP contribution in [0.5, 0.6) is 5.75 Å². The highest BCUT2D eigenvalue weighted by Crippen LogP contribution is 2.24. The zero-order chi connectivity index (χ0) is 14.1. The molecule has 1 N–H and O–H groups in total. The topological polar surface area (TPSA) is 42.8 Å². The number of rotatable bonds is 4. The van der Waals surface area contributed by atoms with Crippen LogP contribution in [-0.2, 0) is 20.1 Å². The van der Waals surface area contributed by atoms with Crippen LogP contribution in [-0.4, -0.2) is 14.8 Å². The lowest BCUT2D eigenvalue weighted by molar-refractivity contribution is 0.294. The van der Waals surface area contributed by atoms with Crippen molar-refractivity contribution < 1.29 is 4.74 Å². The molecular formula is C15H16BrN3O. The van der Waals surface area contributed by atoms with Gasteiger partial charge in [-0.25, -0.2) is 0 Å². The quantitative estimate of drug-likeness (QED) is 0.788. The van der Waals surface area contributed by atoms with Crippen LogP contribution < -0.4 is 4.74 Å². The summed E-state index contributed by atoms with van der Waals surface area (Å²) in [6, 6.07) is 8.08. The molecule has 0 unspecified atom stereocenters. The Morgan fingerprint density at radius 2 is 2.20 bits per heavy atom. The predicted octanol–water partition coefficient (Wildman–Crippen LogP) is 3.81. The second kappa shape index (κ2) is 5.32. The van der Waals surface area contributed by atoms with E-state index in [-0.39, 0.29) is 0 Å². The van der Waals surface area contributed by atoms with Crippen molar-refractivity contribution in [1.29, 1.82) is 0 Å². The molecule has 104 valence electrons. The number of ether oxygens (including phenoxy) is 1. The number of hydrogen-bond acceptors (Lipinski definition) is 2. The zero-order valence-electron chi connectivity index (χ0n) is 11.5. The smallest absolute Gasteiger partial charge is 0.131 e. The van der Waals surface area contributed by atoms with Gasteiger partial charge in [0.15, 0.2) is 0 Å². The molecule has 4 nitrogen and oxygen atoms in total. The molecule has 3 aromatic rings. The Labute approximate surface area is 125 Å². The number of H-pyrrole nitrogens is 1. The Morgan fingerprint density at radius 3 is 2.95 bits per heavy atom. The summed E-state index contributed by atoms with van der Waals surface area (Å²) in [4.78, 5) is 3.17. The van der Waals surface area contributed by atoms with Gasteiger partial charge in [-0.3, -0.25) is 4.68 Å². The average molecular weight is 334 g/mol. The van der Waals surface area contributed by atoms with Crippen LogP contribution in [0.4, 0.5) is 0 Å². The van der Waals surface area contributed by atoms with Gasteiger partial charge in [0.1, 0.15) is 12.4 Å². The maximum absolute atomic E-state index is 5.88. The van der Waals surface area contributed by atoms with Gasteiger partial charge in [0.05, 0.1) is 15.9 Å². The Morgan fingerprint density at radius 1 is 1.35 bits per heavy atom. The van der Waals surface area contributed by atoms with E-state index in [1.807, 2.05) is 42.2 Å². The Kier molecular flexibility index (Phi) is 3.53. The first-order chi connectivity index (χ1) is 9.69.